The molecule has 0 bridgehead atoms. The number of sulfone groups is 1. The quantitative estimate of drug-likeness (QED) is 0.427. The predicted molar refractivity (Wildman–Crippen MR) is 134 cm³/mol. The number of halogens is 2. The van der Waals surface area contributed by atoms with Crippen molar-refractivity contribution >= 4 is 44.2 Å². The Bertz CT molecular complexity index is 1370. The summed E-state index contributed by atoms with van der Waals surface area (Å²) in [6, 6.07) is 14.8. The maximum absolute atomic E-state index is 14.1. The van der Waals surface area contributed by atoms with Crippen molar-refractivity contribution in [3.05, 3.63) is 81.6 Å². The van der Waals surface area contributed by atoms with Gasteiger partial charge >= 0.3 is 0 Å². The van der Waals surface area contributed by atoms with Gasteiger partial charge in [0.15, 0.2) is 9.84 Å². The van der Waals surface area contributed by atoms with E-state index in [4.69, 9.17) is 17.3 Å². The van der Waals surface area contributed by atoms with E-state index in [0.29, 0.717) is 21.7 Å². The molecule has 0 amide bonds. The van der Waals surface area contributed by atoms with Gasteiger partial charge in [-0.3, -0.25) is 0 Å². The molecule has 3 rings (SSSR count). The molecule has 0 saturated carbocycles. The monoisotopic (exact) mass is 506 g/mol. The number of rotatable bonds is 6. The summed E-state index contributed by atoms with van der Waals surface area (Å²) in [5.41, 5.74) is 6.45. The number of aliphatic hydroxyl groups is 1. The summed E-state index contributed by atoms with van der Waals surface area (Å²) in [5, 5.41) is 10.4. The van der Waals surface area contributed by atoms with Crippen LogP contribution in [0.25, 0.3) is 10.4 Å². The SMILES string of the molecule is Cc1c(F)cccc1N=C(C(Cl)=C(N)C(C)(C)O)c1ccc(-c2cccc(S(C)(=O)=O)c2)s1. The van der Waals surface area contributed by atoms with Gasteiger partial charge in [-0.25, -0.2) is 17.8 Å². The van der Waals surface area contributed by atoms with Crippen LogP contribution in [0.4, 0.5) is 10.1 Å². The van der Waals surface area contributed by atoms with Gasteiger partial charge in [0.2, 0.25) is 0 Å². The molecule has 2 aromatic carbocycles. The molecule has 1 heterocycles. The molecule has 0 unspecified atom stereocenters. The number of nitrogens with zero attached hydrogens (tertiary/aromatic N) is 1. The Labute approximate surface area is 202 Å². The molecule has 0 aliphatic carbocycles. The second-order valence-corrected chi connectivity index (χ2v) is 11.6. The lowest BCUT2D eigenvalue weighted by molar-refractivity contribution is 0.118. The first kappa shape index (κ1) is 25.1. The van der Waals surface area contributed by atoms with E-state index in [0.717, 1.165) is 11.1 Å². The van der Waals surface area contributed by atoms with Gasteiger partial charge in [0.1, 0.15) is 11.5 Å². The molecule has 0 fully saturated rings. The normalized spacial score (nSPS) is 13.7. The fraction of sp³-hybridized carbons (Fsp3) is 0.208. The zero-order valence-corrected chi connectivity index (χ0v) is 20.9. The first-order valence-electron chi connectivity index (χ1n) is 9.92. The molecule has 0 radical (unpaired) electrons. The molecule has 3 aromatic rings. The lowest BCUT2D eigenvalue weighted by atomic mass is 10.0. The molecule has 0 aliphatic rings. The molecule has 0 aliphatic heterocycles. The molecular formula is C24H24ClFN2O3S2. The molecule has 0 spiro atoms. The zero-order chi connectivity index (χ0) is 24.6. The fourth-order valence-corrected chi connectivity index (χ4v) is 5.04. The highest BCUT2D eigenvalue weighted by Gasteiger charge is 2.24. The van der Waals surface area contributed by atoms with E-state index < -0.39 is 21.3 Å². The van der Waals surface area contributed by atoms with Crippen LogP contribution in [0.15, 0.2) is 75.2 Å². The van der Waals surface area contributed by atoms with Crippen LogP contribution in [-0.4, -0.2) is 31.1 Å². The maximum Gasteiger partial charge on any atom is 0.175 e. The summed E-state index contributed by atoms with van der Waals surface area (Å²) in [4.78, 5) is 6.21. The summed E-state index contributed by atoms with van der Waals surface area (Å²) < 4.78 is 38.0. The van der Waals surface area contributed by atoms with Crippen LogP contribution >= 0.6 is 22.9 Å². The second kappa shape index (κ2) is 9.38. The van der Waals surface area contributed by atoms with Crippen LogP contribution in [0, 0.1) is 12.7 Å². The van der Waals surface area contributed by atoms with E-state index >= 15 is 0 Å². The minimum Gasteiger partial charge on any atom is -0.398 e. The van der Waals surface area contributed by atoms with Gasteiger partial charge in [-0.05, 0) is 62.7 Å². The van der Waals surface area contributed by atoms with Crippen LogP contribution in [0.1, 0.15) is 24.3 Å². The highest BCUT2D eigenvalue weighted by Crippen LogP contribution is 2.34. The molecular weight excluding hydrogens is 483 g/mol. The second-order valence-electron chi connectivity index (χ2n) is 8.09. The number of nitrogens with two attached hydrogens (primary N) is 1. The first-order valence-corrected chi connectivity index (χ1v) is 13.0. The molecule has 9 heteroatoms. The molecule has 33 heavy (non-hydrogen) atoms. The standard InChI is InChI=1S/C24H24ClFN2O3S2/c1-14-17(26)9-6-10-18(14)28-22(21(25)23(27)24(2,3)29)20-12-11-19(32-20)15-7-5-8-16(13-15)33(4,30)31/h5-13,29H,27H2,1-4H3. The third kappa shape index (κ3) is 5.70. The summed E-state index contributed by atoms with van der Waals surface area (Å²) in [5.74, 6) is -0.407. The Morgan fingerprint density at radius 3 is 2.45 bits per heavy atom. The van der Waals surface area contributed by atoms with Crippen molar-refractivity contribution in [3.63, 3.8) is 0 Å². The average Bonchev–Trinajstić information content (AvgIpc) is 3.22. The lowest BCUT2D eigenvalue weighted by Crippen LogP contribution is -2.30. The number of thiophene rings is 1. The maximum atomic E-state index is 14.1. The summed E-state index contributed by atoms with van der Waals surface area (Å²) >= 11 is 7.92. The van der Waals surface area contributed by atoms with E-state index in [9.17, 15) is 17.9 Å². The van der Waals surface area contributed by atoms with E-state index in [2.05, 4.69) is 4.99 Å². The molecule has 174 valence electrons. The van der Waals surface area contributed by atoms with E-state index in [1.165, 1.54) is 37.3 Å². The summed E-state index contributed by atoms with van der Waals surface area (Å²) in [6.45, 7) is 4.62. The Balaban J connectivity index is 2.19. The van der Waals surface area contributed by atoms with Crippen molar-refractivity contribution in [2.45, 2.75) is 31.3 Å². The minimum absolute atomic E-state index is 0.0194. The van der Waals surface area contributed by atoms with Crippen molar-refractivity contribution in [2.75, 3.05) is 6.26 Å². The largest absolute Gasteiger partial charge is 0.398 e. The van der Waals surface area contributed by atoms with Crippen LogP contribution in [0.5, 0.6) is 0 Å². The predicted octanol–water partition coefficient (Wildman–Crippen LogP) is 5.57. The molecule has 3 N–H and O–H groups in total. The average molecular weight is 507 g/mol. The van der Waals surface area contributed by atoms with Crippen LogP contribution in [0.3, 0.4) is 0 Å². The zero-order valence-electron chi connectivity index (χ0n) is 18.6. The molecule has 5 nitrogen and oxygen atoms in total. The lowest BCUT2D eigenvalue weighted by Gasteiger charge is -2.20. The topological polar surface area (TPSA) is 92.8 Å². The van der Waals surface area contributed by atoms with Crippen LogP contribution in [0.2, 0.25) is 0 Å². The Kier molecular flexibility index (Phi) is 7.14. The van der Waals surface area contributed by atoms with Crippen molar-refractivity contribution in [3.8, 4) is 10.4 Å². The number of hydrogen-bond donors (Lipinski definition) is 2. The van der Waals surface area contributed by atoms with Crippen LogP contribution < -0.4 is 5.73 Å². The van der Waals surface area contributed by atoms with Gasteiger partial charge in [-0.2, -0.15) is 0 Å². The van der Waals surface area contributed by atoms with Gasteiger partial charge < -0.3 is 10.8 Å². The highest BCUT2D eigenvalue weighted by molar-refractivity contribution is 7.90. The fourth-order valence-electron chi connectivity index (χ4n) is 2.95. The van der Waals surface area contributed by atoms with Gasteiger partial charge in [0.25, 0.3) is 0 Å². The van der Waals surface area contributed by atoms with Crippen molar-refractivity contribution in [1.82, 2.24) is 0 Å². The molecule has 0 atom stereocenters. The number of benzene rings is 2. The van der Waals surface area contributed by atoms with Gasteiger partial charge in [-0.15, -0.1) is 11.3 Å². The number of aliphatic imine (C=N–C) groups is 1. The third-order valence-electron chi connectivity index (χ3n) is 4.96. The Morgan fingerprint density at radius 1 is 1.15 bits per heavy atom. The third-order valence-corrected chi connectivity index (χ3v) is 7.59. The van der Waals surface area contributed by atoms with E-state index in [1.807, 2.05) is 6.07 Å². The summed E-state index contributed by atoms with van der Waals surface area (Å²) in [7, 11) is -3.36. The van der Waals surface area contributed by atoms with E-state index in [-0.39, 0.29) is 21.3 Å². The van der Waals surface area contributed by atoms with Crippen molar-refractivity contribution < 1.29 is 17.9 Å². The van der Waals surface area contributed by atoms with Crippen LogP contribution in [-0.2, 0) is 9.84 Å². The van der Waals surface area contributed by atoms with Crippen molar-refractivity contribution in [1.29, 1.82) is 0 Å². The smallest absolute Gasteiger partial charge is 0.175 e. The van der Waals surface area contributed by atoms with E-state index in [1.54, 1.807) is 43.3 Å². The molecule has 1 aromatic heterocycles. The minimum atomic E-state index is -3.36. The number of hydrogen-bond acceptors (Lipinski definition) is 6. The molecule has 0 saturated heterocycles. The summed E-state index contributed by atoms with van der Waals surface area (Å²) in [6.07, 6.45) is 1.15. The Morgan fingerprint density at radius 2 is 1.82 bits per heavy atom. The Hall–Kier alpha value is -2.52. The van der Waals surface area contributed by atoms with Crippen molar-refractivity contribution in [2.24, 2.45) is 10.7 Å². The highest BCUT2D eigenvalue weighted by atomic mass is 35.5. The first-order chi connectivity index (χ1) is 15.3. The van der Waals surface area contributed by atoms with Gasteiger partial charge in [0.05, 0.1) is 31.8 Å². The van der Waals surface area contributed by atoms with Gasteiger partial charge in [-0.1, -0.05) is 29.8 Å². The number of allylic oxidation sites excluding steroid dienone is 1. The van der Waals surface area contributed by atoms with Gasteiger partial charge in [0, 0.05) is 16.7 Å².